The Morgan fingerprint density at radius 2 is 1.75 bits per heavy atom. The molecule has 0 aromatic heterocycles. The highest BCUT2D eigenvalue weighted by Crippen LogP contribution is 1.99. The van der Waals surface area contributed by atoms with Gasteiger partial charge in [0.05, 0.1) is 0 Å². The van der Waals surface area contributed by atoms with E-state index in [2.05, 4.69) is 10.6 Å². The van der Waals surface area contributed by atoms with Crippen molar-refractivity contribution in [2.24, 2.45) is 5.73 Å². The molecule has 0 aromatic rings. The van der Waals surface area contributed by atoms with Crippen molar-refractivity contribution in [2.75, 3.05) is 26.2 Å². The minimum Gasteiger partial charge on any atom is -0.481 e. The molecule has 0 aliphatic carbocycles. The molecule has 0 bridgehead atoms. The molecular formula is C10H21N3O3. The summed E-state index contributed by atoms with van der Waals surface area (Å²) in [6.07, 6.45) is 1.69. The van der Waals surface area contributed by atoms with Crippen molar-refractivity contribution in [3.8, 4) is 0 Å². The molecule has 0 aliphatic rings. The second-order valence-electron chi connectivity index (χ2n) is 3.49. The second-order valence-corrected chi connectivity index (χ2v) is 3.49. The summed E-state index contributed by atoms with van der Waals surface area (Å²) in [4.78, 5) is 21.4. The van der Waals surface area contributed by atoms with Crippen LogP contribution in [0.1, 0.15) is 25.7 Å². The lowest BCUT2D eigenvalue weighted by Gasteiger charge is -2.05. The van der Waals surface area contributed by atoms with E-state index in [4.69, 9.17) is 10.8 Å². The van der Waals surface area contributed by atoms with Gasteiger partial charge in [-0.25, -0.2) is 0 Å². The molecule has 0 unspecified atom stereocenters. The van der Waals surface area contributed by atoms with Crippen LogP contribution in [-0.4, -0.2) is 43.2 Å². The van der Waals surface area contributed by atoms with Crippen LogP contribution in [0.4, 0.5) is 0 Å². The predicted molar refractivity (Wildman–Crippen MR) is 61.0 cm³/mol. The molecule has 94 valence electrons. The molecule has 0 spiro atoms. The molecule has 5 N–H and O–H groups in total. The number of nitrogens with two attached hydrogens (primary N) is 1. The van der Waals surface area contributed by atoms with Crippen LogP contribution in [0.5, 0.6) is 0 Å². The van der Waals surface area contributed by atoms with Crippen LogP contribution >= 0.6 is 0 Å². The van der Waals surface area contributed by atoms with Crippen LogP contribution in [0.25, 0.3) is 0 Å². The summed E-state index contributed by atoms with van der Waals surface area (Å²) < 4.78 is 0. The molecule has 1 amide bonds. The summed E-state index contributed by atoms with van der Waals surface area (Å²) in [5.74, 6) is -0.841. The number of carbonyl (C=O) groups is 2. The van der Waals surface area contributed by atoms with E-state index >= 15 is 0 Å². The zero-order valence-electron chi connectivity index (χ0n) is 9.50. The SMILES string of the molecule is NCCNCCNC(=O)CCCCC(=O)O. The lowest BCUT2D eigenvalue weighted by molar-refractivity contribution is -0.137. The van der Waals surface area contributed by atoms with Crippen LogP contribution in [-0.2, 0) is 9.59 Å². The molecule has 16 heavy (non-hydrogen) atoms. The maximum atomic E-state index is 11.2. The molecule has 0 aliphatic heterocycles. The summed E-state index contributed by atoms with van der Waals surface area (Å²) in [5.41, 5.74) is 5.28. The third-order valence-corrected chi connectivity index (χ3v) is 1.99. The lowest BCUT2D eigenvalue weighted by atomic mass is 10.2. The molecule has 6 nitrogen and oxygen atoms in total. The predicted octanol–water partition coefficient (Wildman–Crippen LogP) is -0.704. The Hall–Kier alpha value is -1.14. The van der Waals surface area contributed by atoms with E-state index < -0.39 is 5.97 Å². The van der Waals surface area contributed by atoms with E-state index in [0.29, 0.717) is 38.9 Å². The highest BCUT2D eigenvalue weighted by molar-refractivity contribution is 5.75. The monoisotopic (exact) mass is 231 g/mol. The van der Waals surface area contributed by atoms with Crippen molar-refractivity contribution in [1.82, 2.24) is 10.6 Å². The van der Waals surface area contributed by atoms with E-state index in [1.165, 1.54) is 0 Å². The number of amides is 1. The molecule has 0 rings (SSSR count). The molecule has 0 radical (unpaired) electrons. The number of hydrogen-bond donors (Lipinski definition) is 4. The van der Waals surface area contributed by atoms with Crippen molar-refractivity contribution in [2.45, 2.75) is 25.7 Å². The van der Waals surface area contributed by atoms with Crippen molar-refractivity contribution in [1.29, 1.82) is 0 Å². The van der Waals surface area contributed by atoms with E-state index in [1.54, 1.807) is 0 Å². The summed E-state index contributed by atoms with van der Waals surface area (Å²) in [5, 5.41) is 14.2. The minimum absolute atomic E-state index is 0.0278. The fraction of sp³-hybridized carbons (Fsp3) is 0.800. The molecule has 0 saturated carbocycles. The Morgan fingerprint density at radius 3 is 2.38 bits per heavy atom. The number of carbonyl (C=O) groups excluding carboxylic acids is 1. The molecule has 0 atom stereocenters. The summed E-state index contributed by atoms with van der Waals surface area (Å²) in [6, 6.07) is 0. The zero-order valence-corrected chi connectivity index (χ0v) is 9.50. The Kier molecular flexibility index (Phi) is 9.64. The largest absolute Gasteiger partial charge is 0.481 e. The van der Waals surface area contributed by atoms with E-state index in [-0.39, 0.29) is 12.3 Å². The third kappa shape index (κ3) is 10.9. The van der Waals surface area contributed by atoms with Crippen LogP contribution in [0, 0.1) is 0 Å². The minimum atomic E-state index is -0.814. The van der Waals surface area contributed by atoms with E-state index in [1.807, 2.05) is 0 Å². The van der Waals surface area contributed by atoms with Gasteiger partial charge in [0.25, 0.3) is 0 Å². The van der Waals surface area contributed by atoms with Gasteiger partial charge < -0.3 is 21.5 Å². The van der Waals surface area contributed by atoms with Gasteiger partial charge in [0, 0.05) is 39.0 Å². The first kappa shape index (κ1) is 14.9. The highest BCUT2D eigenvalue weighted by atomic mass is 16.4. The van der Waals surface area contributed by atoms with E-state index in [0.717, 1.165) is 6.54 Å². The maximum absolute atomic E-state index is 11.2. The van der Waals surface area contributed by atoms with Gasteiger partial charge in [-0.15, -0.1) is 0 Å². The van der Waals surface area contributed by atoms with Crippen molar-refractivity contribution >= 4 is 11.9 Å². The van der Waals surface area contributed by atoms with Crippen molar-refractivity contribution in [3.63, 3.8) is 0 Å². The molecule has 0 fully saturated rings. The van der Waals surface area contributed by atoms with Gasteiger partial charge in [0.1, 0.15) is 0 Å². The van der Waals surface area contributed by atoms with Gasteiger partial charge in [-0.05, 0) is 12.8 Å². The average Bonchev–Trinajstić information content (AvgIpc) is 2.24. The highest BCUT2D eigenvalue weighted by Gasteiger charge is 2.01. The number of unbranched alkanes of at least 4 members (excludes halogenated alkanes) is 1. The summed E-state index contributed by atoms with van der Waals surface area (Å²) in [6.45, 7) is 2.62. The standard InChI is InChI=1S/C10H21N3O3/c11-5-6-12-7-8-13-9(14)3-1-2-4-10(15)16/h12H,1-8,11H2,(H,13,14)(H,15,16). The van der Waals surface area contributed by atoms with Crippen LogP contribution in [0.3, 0.4) is 0 Å². The van der Waals surface area contributed by atoms with Crippen molar-refractivity contribution < 1.29 is 14.7 Å². The average molecular weight is 231 g/mol. The Morgan fingerprint density at radius 1 is 1.06 bits per heavy atom. The van der Waals surface area contributed by atoms with Gasteiger partial charge in [0.2, 0.25) is 5.91 Å². The summed E-state index contributed by atoms with van der Waals surface area (Å²) >= 11 is 0. The van der Waals surface area contributed by atoms with Crippen LogP contribution in [0.2, 0.25) is 0 Å². The Bertz CT molecular complexity index is 209. The smallest absolute Gasteiger partial charge is 0.303 e. The fourth-order valence-electron chi connectivity index (χ4n) is 1.17. The zero-order chi connectivity index (χ0) is 12.2. The molecular weight excluding hydrogens is 210 g/mol. The first-order valence-corrected chi connectivity index (χ1v) is 5.56. The fourth-order valence-corrected chi connectivity index (χ4v) is 1.17. The quantitative estimate of drug-likeness (QED) is 0.372. The first-order chi connectivity index (χ1) is 7.66. The number of carboxylic acids is 1. The normalized spacial score (nSPS) is 10.1. The van der Waals surface area contributed by atoms with E-state index in [9.17, 15) is 9.59 Å². The number of carboxylic acid groups (broad SMARTS) is 1. The van der Waals surface area contributed by atoms with Crippen molar-refractivity contribution in [3.05, 3.63) is 0 Å². The lowest BCUT2D eigenvalue weighted by Crippen LogP contribution is -2.33. The second kappa shape index (κ2) is 10.4. The van der Waals surface area contributed by atoms with Gasteiger partial charge in [-0.3, -0.25) is 9.59 Å². The number of nitrogens with one attached hydrogen (secondary N) is 2. The molecule has 0 saturated heterocycles. The van der Waals surface area contributed by atoms with Gasteiger partial charge in [-0.2, -0.15) is 0 Å². The molecule has 0 aromatic carbocycles. The third-order valence-electron chi connectivity index (χ3n) is 1.99. The molecule has 6 heteroatoms. The Balaban J connectivity index is 3.21. The number of hydrogen-bond acceptors (Lipinski definition) is 4. The number of rotatable bonds is 10. The first-order valence-electron chi connectivity index (χ1n) is 5.56. The van der Waals surface area contributed by atoms with Gasteiger partial charge >= 0.3 is 5.97 Å². The van der Waals surface area contributed by atoms with Gasteiger partial charge in [-0.1, -0.05) is 0 Å². The van der Waals surface area contributed by atoms with Crippen LogP contribution < -0.4 is 16.4 Å². The Labute approximate surface area is 95.6 Å². The molecule has 0 heterocycles. The topological polar surface area (TPSA) is 104 Å². The van der Waals surface area contributed by atoms with Crippen LogP contribution in [0.15, 0.2) is 0 Å². The summed E-state index contributed by atoms with van der Waals surface area (Å²) in [7, 11) is 0. The number of aliphatic carboxylic acids is 1. The van der Waals surface area contributed by atoms with Gasteiger partial charge in [0.15, 0.2) is 0 Å². The maximum Gasteiger partial charge on any atom is 0.303 e.